The van der Waals surface area contributed by atoms with Crippen molar-refractivity contribution in [2.24, 2.45) is 14.1 Å². The number of hydrogen-bond acceptors (Lipinski definition) is 2. The highest BCUT2D eigenvalue weighted by Crippen LogP contribution is 2.32. The van der Waals surface area contributed by atoms with Gasteiger partial charge in [0.25, 0.3) is 0 Å². The van der Waals surface area contributed by atoms with Crippen LogP contribution in [0.3, 0.4) is 0 Å². The van der Waals surface area contributed by atoms with Gasteiger partial charge in [0, 0.05) is 25.5 Å². The van der Waals surface area contributed by atoms with Crippen LogP contribution in [0.2, 0.25) is 0 Å². The molecule has 1 aliphatic rings. The lowest BCUT2D eigenvalue weighted by atomic mass is 10.0. The lowest BCUT2D eigenvalue weighted by Crippen LogP contribution is -2.19. The fourth-order valence-electron chi connectivity index (χ4n) is 3.09. The smallest absolute Gasteiger partial charge is 0.328 e. The van der Waals surface area contributed by atoms with Crippen molar-refractivity contribution in [3.63, 3.8) is 0 Å². The zero-order valence-corrected chi connectivity index (χ0v) is 14.1. The van der Waals surface area contributed by atoms with Gasteiger partial charge < -0.3 is 4.74 Å². The molecule has 4 nitrogen and oxygen atoms in total. The van der Waals surface area contributed by atoms with Crippen molar-refractivity contribution in [3.8, 4) is 0 Å². The second-order valence-electron chi connectivity index (χ2n) is 5.83. The molecule has 2 aromatic rings. The predicted octanol–water partition coefficient (Wildman–Crippen LogP) is 3.27. The minimum Gasteiger partial charge on any atom is -0.378 e. The van der Waals surface area contributed by atoms with E-state index in [1.807, 2.05) is 20.2 Å². The molecule has 1 aromatic carbocycles. The number of hydrogen-bond donors (Lipinski definition) is 0. The minimum absolute atomic E-state index is 0.0210. The van der Waals surface area contributed by atoms with Crippen LogP contribution < -0.4 is 5.69 Å². The van der Waals surface area contributed by atoms with E-state index < -0.39 is 0 Å². The van der Waals surface area contributed by atoms with Gasteiger partial charge in [0.1, 0.15) is 0 Å². The first-order chi connectivity index (χ1) is 10.1. The molecule has 114 valence electrons. The average Bonchev–Trinajstić information content (AvgIpc) is 3.09. The molecule has 0 radical (unpaired) electrons. The second kappa shape index (κ2) is 5.97. The number of aryl methyl sites for hydroxylation is 2. The fourth-order valence-corrected chi connectivity index (χ4v) is 3.64. The number of alkyl halides is 1. The summed E-state index contributed by atoms with van der Waals surface area (Å²) in [7, 11) is 3.64. The Bertz CT molecular complexity index is 698. The molecule has 0 aliphatic carbocycles. The highest BCUT2D eigenvalue weighted by molar-refractivity contribution is 9.09. The van der Waals surface area contributed by atoms with Gasteiger partial charge in [-0.3, -0.25) is 9.13 Å². The molecule has 3 rings (SSSR count). The van der Waals surface area contributed by atoms with Crippen molar-refractivity contribution in [1.82, 2.24) is 9.13 Å². The number of halogens is 1. The summed E-state index contributed by atoms with van der Waals surface area (Å²) in [6.07, 6.45) is 4.94. The Labute approximate surface area is 132 Å². The summed E-state index contributed by atoms with van der Waals surface area (Å²) in [5.41, 5.74) is 3.21. The van der Waals surface area contributed by atoms with Gasteiger partial charge in [-0.05, 0) is 43.4 Å². The third-order valence-electron chi connectivity index (χ3n) is 4.42. The molecule has 21 heavy (non-hydrogen) atoms. The molecule has 2 unspecified atom stereocenters. The van der Waals surface area contributed by atoms with Crippen LogP contribution >= 0.6 is 15.9 Å². The number of imidazole rings is 1. The number of ether oxygens (including phenoxy) is 1. The maximum Gasteiger partial charge on any atom is 0.328 e. The van der Waals surface area contributed by atoms with Gasteiger partial charge in [0.05, 0.1) is 17.1 Å². The molecule has 0 N–H and O–H groups in total. The zero-order chi connectivity index (χ0) is 15.0. The molecule has 1 aliphatic heterocycles. The van der Waals surface area contributed by atoms with E-state index in [-0.39, 0.29) is 5.69 Å². The SMILES string of the molecule is Cn1c(=O)n(C)c2cc(C(Br)CCC3CCCO3)ccc21. The summed E-state index contributed by atoms with van der Waals surface area (Å²) in [6, 6.07) is 6.26. The summed E-state index contributed by atoms with van der Waals surface area (Å²) < 4.78 is 9.07. The molecule has 1 saturated heterocycles. The predicted molar refractivity (Wildman–Crippen MR) is 88.0 cm³/mol. The van der Waals surface area contributed by atoms with Crippen molar-refractivity contribution in [3.05, 3.63) is 34.2 Å². The molecule has 5 heteroatoms. The monoisotopic (exact) mass is 352 g/mol. The Morgan fingerprint density at radius 3 is 2.81 bits per heavy atom. The van der Waals surface area contributed by atoms with Gasteiger partial charge in [-0.15, -0.1) is 0 Å². The highest BCUT2D eigenvalue weighted by atomic mass is 79.9. The van der Waals surface area contributed by atoms with E-state index in [9.17, 15) is 4.79 Å². The van der Waals surface area contributed by atoms with Gasteiger partial charge in [-0.1, -0.05) is 22.0 Å². The van der Waals surface area contributed by atoms with Gasteiger partial charge in [0.15, 0.2) is 0 Å². The van der Waals surface area contributed by atoms with Crippen LogP contribution in [0.25, 0.3) is 11.0 Å². The van der Waals surface area contributed by atoms with E-state index >= 15 is 0 Å². The van der Waals surface area contributed by atoms with Gasteiger partial charge in [0.2, 0.25) is 0 Å². The van der Waals surface area contributed by atoms with Crippen LogP contribution in [0.4, 0.5) is 0 Å². The van der Waals surface area contributed by atoms with Gasteiger partial charge in [-0.25, -0.2) is 4.79 Å². The molecule has 1 fully saturated rings. The summed E-state index contributed by atoms with van der Waals surface area (Å²) in [5.74, 6) is 0. The number of aromatic nitrogens is 2. The van der Waals surface area contributed by atoms with E-state index in [2.05, 4.69) is 28.1 Å². The third-order valence-corrected chi connectivity index (χ3v) is 5.41. The van der Waals surface area contributed by atoms with E-state index in [1.165, 1.54) is 18.4 Å². The molecular formula is C16H21BrN2O2. The molecule has 2 atom stereocenters. The van der Waals surface area contributed by atoms with Crippen molar-refractivity contribution in [2.45, 2.75) is 36.6 Å². The number of fused-ring (bicyclic) bond motifs is 1. The Kier molecular flexibility index (Phi) is 4.22. The number of nitrogens with zero attached hydrogens (tertiary/aromatic N) is 2. The molecule has 0 spiro atoms. The summed E-state index contributed by atoms with van der Waals surface area (Å²) >= 11 is 3.78. The van der Waals surface area contributed by atoms with Crippen molar-refractivity contribution >= 4 is 27.0 Å². The zero-order valence-electron chi connectivity index (χ0n) is 12.5. The molecule has 0 saturated carbocycles. The Hall–Kier alpha value is -1.07. The van der Waals surface area contributed by atoms with E-state index in [4.69, 9.17) is 4.74 Å². The maximum atomic E-state index is 12.0. The highest BCUT2D eigenvalue weighted by Gasteiger charge is 2.18. The normalized spacial score (nSPS) is 20.2. The number of benzene rings is 1. The maximum absolute atomic E-state index is 12.0. The van der Waals surface area contributed by atoms with Crippen molar-refractivity contribution in [1.29, 1.82) is 0 Å². The van der Waals surface area contributed by atoms with Crippen LogP contribution in [0.1, 0.15) is 36.1 Å². The standard InChI is InChI=1S/C16H21BrN2O2/c1-18-14-8-5-11(10-15(14)19(2)16(18)20)13(17)7-6-12-4-3-9-21-12/h5,8,10,12-13H,3-4,6-7,9H2,1-2H3. The van der Waals surface area contributed by atoms with Crippen LogP contribution in [0.5, 0.6) is 0 Å². The lowest BCUT2D eigenvalue weighted by Gasteiger charge is -2.14. The van der Waals surface area contributed by atoms with Crippen LogP contribution in [0, 0.1) is 0 Å². The minimum atomic E-state index is 0.0210. The van der Waals surface area contributed by atoms with Crippen LogP contribution in [-0.2, 0) is 18.8 Å². The first kappa shape index (κ1) is 14.9. The van der Waals surface area contributed by atoms with Gasteiger partial charge >= 0.3 is 5.69 Å². The van der Waals surface area contributed by atoms with E-state index in [1.54, 1.807) is 9.13 Å². The first-order valence-electron chi connectivity index (χ1n) is 7.49. The van der Waals surface area contributed by atoms with Crippen LogP contribution in [0.15, 0.2) is 23.0 Å². The quantitative estimate of drug-likeness (QED) is 0.791. The molecule has 0 bridgehead atoms. The van der Waals surface area contributed by atoms with E-state index in [0.29, 0.717) is 10.9 Å². The second-order valence-corrected chi connectivity index (χ2v) is 6.93. The summed E-state index contributed by atoms with van der Waals surface area (Å²) in [4.78, 5) is 12.3. The van der Waals surface area contributed by atoms with Crippen molar-refractivity contribution < 1.29 is 4.74 Å². The summed E-state index contributed by atoms with van der Waals surface area (Å²) in [6.45, 7) is 0.912. The number of rotatable bonds is 4. The molecule has 1 aromatic heterocycles. The Morgan fingerprint density at radius 2 is 2.10 bits per heavy atom. The fraction of sp³-hybridized carbons (Fsp3) is 0.562. The van der Waals surface area contributed by atoms with E-state index in [0.717, 1.165) is 30.5 Å². The van der Waals surface area contributed by atoms with Crippen molar-refractivity contribution in [2.75, 3.05) is 6.61 Å². The topological polar surface area (TPSA) is 36.2 Å². The lowest BCUT2D eigenvalue weighted by molar-refractivity contribution is 0.102. The molecule has 2 heterocycles. The molecular weight excluding hydrogens is 332 g/mol. The largest absolute Gasteiger partial charge is 0.378 e. The third kappa shape index (κ3) is 2.81. The first-order valence-corrected chi connectivity index (χ1v) is 8.40. The average molecular weight is 353 g/mol. The molecule has 0 amide bonds. The Morgan fingerprint density at radius 1 is 1.33 bits per heavy atom. The van der Waals surface area contributed by atoms with Crippen LogP contribution in [-0.4, -0.2) is 21.8 Å². The van der Waals surface area contributed by atoms with Gasteiger partial charge in [-0.2, -0.15) is 0 Å². The Balaban J connectivity index is 1.79. The summed E-state index contributed by atoms with van der Waals surface area (Å²) in [5, 5.41) is 0.